The van der Waals surface area contributed by atoms with Crippen LogP contribution < -0.4 is 11.1 Å². The van der Waals surface area contributed by atoms with Crippen molar-refractivity contribution in [1.82, 2.24) is 9.78 Å². The quantitative estimate of drug-likeness (QED) is 0.692. The zero-order valence-corrected chi connectivity index (χ0v) is 15.2. The third-order valence-corrected chi connectivity index (χ3v) is 4.63. The van der Waals surface area contributed by atoms with Crippen LogP contribution >= 0.6 is 11.3 Å². The van der Waals surface area contributed by atoms with E-state index in [1.165, 1.54) is 11.3 Å². The molecule has 7 nitrogen and oxygen atoms in total. The van der Waals surface area contributed by atoms with E-state index in [9.17, 15) is 14.7 Å². The number of aliphatic hydroxyl groups excluding tert-OH is 1. The fourth-order valence-electron chi connectivity index (χ4n) is 2.27. The number of hydrogen-bond donors (Lipinski definition) is 2. The molecule has 1 amide bonds. The van der Waals surface area contributed by atoms with Crippen molar-refractivity contribution in [3.8, 4) is 10.8 Å². The Bertz CT molecular complexity index is 926. The highest BCUT2D eigenvalue weighted by atomic mass is 32.1. The molecular weight excluding hydrogens is 354 g/mol. The fourth-order valence-corrected chi connectivity index (χ4v) is 2.91. The lowest BCUT2D eigenvalue weighted by Crippen LogP contribution is -2.20. The maximum Gasteiger partial charge on any atom is 0.437 e. The molecule has 3 rings (SSSR count). The van der Waals surface area contributed by atoms with Gasteiger partial charge in [-0.2, -0.15) is 4.68 Å². The maximum absolute atomic E-state index is 11.9. The number of carbonyl (C=O) groups is 1. The first kappa shape index (κ1) is 18.1. The summed E-state index contributed by atoms with van der Waals surface area (Å²) in [5, 5.41) is 19.1. The normalized spacial score (nSPS) is 12.3. The van der Waals surface area contributed by atoms with E-state index in [1.807, 2.05) is 25.3 Å². The SMILES string of the molecule is CC(C)C(=O)Nc1ccc([C@@H](O)Cn2nc(-c3cccs3)oc2=O)cc1. The van der Waals surface area contributed by atoms with Gasteiger partial charge in [-0.25, -0.2) is 4.79 Å². The standard InChI is InChI=1S/C18H19N3O4S/c1-11(2)16(23)19-13-7-5-12(6-8-13)14(22)10-21-18(24)25-17(20-21)15-4-3-9-26-15/h3-9,11,14,22H,10H2,1-2H3,(H,19,23)/t14-/m0/s1. The average Bonchev–Trinajstić information content (AvgIpc) is 3.26. The van der Waals surface area contributed by atoms with Gasteiger partial charge in [0.15, 0.2) is 0 Å². The van der Waals surface area contributed by atoms with Gasteiger partial charge in [0.1, 0.15) is 0 Å². The van der Waals surface area contributed by atoms with Crippen molar-refractivity contribution in [2.45, 2.75) is 26.5 Å². The molecule has 1 aromatic carbocycles. The minimum atomic E-state index is -0.927. The monoisotopic (exact) mass is 373 g/mol. The van der Waals surface area contributed by atoms with Gasteiger partial charge in [-0.3, -0.25) is 4.79 Å². The topological polar surface area (TPSA) is 97.4 Å². The molecule has 2 aromatic heterocycles. The Morgan fingerprint density at radius 2 is 2.04 bits per heavy atom. The summed E-state index contributed by atoms with van der Waals surface area (Å²) in [6.07, 6.45) is -0.927. The zero-order valence-electron chi connectivity index (χ0n) is 14.4. The van der Waals surface area contributed by atoms with Gasteiger partial charge in [-0.1, -0.05) is 32.0 Å². The molecule has 8 heteroatoms. The molecule has 136 valence electrons. The summed E-state index contributed by atoms with van der Waals surface area (Å²) in [5.74, 6) is -0.567. The first-order valence-electron chi connectivity index (χ1n) is 8.14. The number of aromatic nitrogens is 2. The minimum absolute atomic E-state index is 0.0224. The number of nitrogens with zero attached hydrogens (tertiary/aromatic N) is 2. The number of amides is 1. The van der Waals surface area contributed by atoms with E-state index in [1.54, 1.807) is 30.3 Å². The molecule has 3 aromatic rings. The lowest BCUT2D eigenvalue weighted by atomic mass is 10.1. The second kappa shape index (κ2) is 7.67. The van der Waals surface area contributed by atoms with Crippen LogP contribution in [0.3, 0.4) is 0 Å². The highest BCUT2D eigenvalue weighted by Crippen LogP contribution is 2.22. The van der Waals surface area contributed by atoms with Crippen LogP contribution in [0.15, 0.2) is 51.0 Å². The van der Waals surface area contributed by atoms with Crippen LogP contribution in [0.1, 0.15) is 25.5 Å². The van der Waals surface area contributed by atoms with E-state index in [0.717, 1.165) is 9.56 Å². The number of anilines is 1. The van der Waals surface area contributed by atoms with Gasteiger partial charge in [0.2, 0.25) is 5.91 Å². The van der Waals surface area contributed by atoms with Crippen LogP contribution in [-0.2, 0) is 11.3 Å². The molecule has 0 spiro atoms. The molecule has 0 fully saturated rings. The predicted molar refractivity (Wildman–Crippen MR) is 98.9 cm³/mol. The summed E-state index contributed by atoms with van der Waals surface area (Å²) in [5.41, 5.74) is 1.26. The molecule has 0 bridgehead atoms. The second-order valence-corrected chi connectivity index (χ2v) is 7.06. The number of rotatable bonds is 6. The minimum Gasteiger partial charge on any atom is -0.387 e. The number of benzene rings is 1. The van der Waals surface area contributed by atoms with Crippen molar-refractivity contribution in [2.24, 2.45) is 5.92 Å². The third kappa shape index (κ3) is 4.09. The van der Waals surface area contributed by atoms with E-state index >= 15 is 0 Å². The van der Waals surface area contributed by atoms with Crippen molar-refractivity contribution < 1.29 is 14.3 Å². The van der Waals surface area contributed by atoms with Gasteiger partial charge >= 0.3 is 5.76 Å². The van der Waals surface area contributed by atoms with Crippen molar-refractivity contribution in [2.75, 3.05) is 5.32 Å². The maximum atomic E-state index is 11.9. The largest absolute Gasteiger partial charge is 0.437 e. The third-order valence-electron chi connectivity index (χ3n) is 3.77. The molecule has 0 saturated carbocycles. The number of aliphatic hydroxyl groups is 1. The average molecular weight is 373 g/mol. The van der Waals surface area contributed by atoms with Crippen molar-refractivity contribution >= 4 is 22.9 Å². The van der Waals surface area contributed by atoms with Gasteiger partial charge in [0.25, 0.3) is 5.89 Å². The van der Waals surface area contributed by atoms with Gasteiger partial charge in [-0.05, 0) is 29.1 Å². The summed E-state index contributed by atoms with van der Waals surface area (Å²) in [7, 11) is 0. The molecule has 0 radical (unpaired) electrons. The zero-order chi connectivity index (χ0) is 18.7. The number of hydrogen-bond acceptors (Lipinski definition) is 6. The van der Waals surface area contributed by atoms with E-state index in [0.29, 0.717) is 11.3 Å². The van der Waals surface area contributed by atoms with Gasteiger partial charge in [0.05, 0.1) is 17.5 Å². The summed E-state index contributed by atoms with van der Waals surface area (Å²) < 4.78 is 6.23. The van der Waals surface area contributed by atoms with E-state index < -0.39 is 11.9 Å². The Morgan fingerprint density at radius 3 is 2.65 bits per heavy atom. The van der Waals surface area contributed by atoms with Crippen molar-refractivity contribution in [1.29, 1.82) is 0 Å². The molecule has 0 aliphatic rings. The van der Waals surface area contributed by atoms with Crippen molar-refractivity contribution in [3.05, 3.63) is 57.9 Å². The fraction of sp³-hybridized carbons (Fsp3) is 0.278. The van der Waals surface area contributed by atoms with Gasteiger partial charge in [-0.15, -0.1) is 16.4 Å². The number of nitrogens with one attached hydrogen (secondary N) is 1. The highest BCUT2D eigenvalue weighted by molar-refractivity contribution is 7.13. The predicted octanol–water partition coefficient (Wildman–Crippen LogP) is 2.89. The summed E-state index contributed by atoms with van der Waals surface area (Å²) in [4.78, 5) is 24.4. The summed E-state index contributed by atoms with van der Waals surface area (Å²) >= 11 is 1.42. The van der Waals surface area contributed by atoms with Crippen LogP contribution in [0.5, 0.6) is 0 Å². The van der Waals surface area contributed by atoms with Crippen LogP contribution in [0, 0.1) is 5.92 Å². The molecular formula is C18H19N3O4S. The van der Waals surface area contributed by atoms with Gasteiger partial charge < -0.3 is 14.8 Å². The lowest BCUT2D eigenvalue weighted by molar-refractivity contribution is -0.118. The molecule has 0 aliphatic carbocycles. The van der Waals surface area contributed by atoms with Crippen LogP contribution in [-0.4, -0.2) is 20.8 Å². The molecule has 0 unspecified atom stereocenters. The molecule has 2 N–H and O–H groups in total. The summed E-state index contributed by atoms with van der Waals surface area (Å²) in [6.45, 7) is 3.60. The molecule has 0 saturated heterocycles. The Morgan fingerprint density at radius 1 is 1.31 bits per heavy atom. The number of thiophene rings is 1. The first-order chi connectivity index (χ1) is 12.4. The lowest BCUT2D eigenvalue weighted by Gasteiger charge is -2.12. The Kier molecular flexibility index (Phi) is 5.34. The van der Waals surface area contributed by atoms with E-state index in [2.05, 4.69) is 10.4 Å². The number of carbonyl (C=O) groups excluding carboxylic acids is 1. The Balaban J connectivity index is 1.69. The van der Waals surface area contributed by atoms with E-state index in [4.69, 9.17) is 4.42 Å². The smallest absolute Gasteiger partial charge is 0.387 e. The van der Waals surface area contributed by atoms with Crippen LogP contribution in [0.2, 0.25) is 0 Å². The van der Waals surface area contributed by atoms with Crippen LogP contribution in [0.4, 0.5) is 5.69 Å². The molecule has 26 heavy (non-hydrogen) atoms. The first-order valence-corrected chi connectivity index (χ1v) is 9.02. The molecule has 0 aliphatic heterocycles. The highest BCUT2D eigenvalue weighted by Gasteiger charge is 2.16. The second-order valence-electron chi connectivity index (χ2n) is 6.11. The van der Waals surface area contributed by atoms with Crippen LogP contribution in [0.25, 0.3) is 10.8 Å². The Labute approximate surface area is 153 Å². The van der Waals surface area contributed by atoms with Gasteiger partial charge in [0, 0.05) is 11.6 Å². The molecule has 1 atom stereocenters. The molecule has 2 heterocycles. The van der Waals surface area contributed by atoms with Crippen molar-refractivity contribution in [3.63, 3.8) is 0 Å². The summed E-state index contributed by atoms with van der Waals surface area (Å²) in [6, 6.07) is 10.5. The van der Waals surface area contributed by atoms with E-state index in [-0.39, 0.29) is 24.3 Å². The Hall–Kier alpha value is -2.71.